The zero-order chi connectivity index (χ0) is 9.83. The molecule has 2 heteroatoms. The molecule has 0 aliphatic rings. The minimum absolute atomic E-state index is 0.0267. The van der Waals surface area contributed by atoms with Crippen LogP contribution in [0.4, 0.5) is 0 Å². The van der Waals surface area contributed by atoms with E-state index < -0.39 is 0 Å². The molecule has 0 bridgehead atoms. The second-order valence-corrected chi connectivity index (χ2v) is 4.40. The fourth-order valence-corrected chi connectivity index (χ4v) is 1.42. The normalized spacial score (nSPS) is 17.1. The molecule has 0 rings (SSSR count). The van der Waals surface area contributed by atoms with Gasteiger partial charge in [-0.1, -0.05) is 13.0 Å². The Labute approximate surface area is 80.8 Å². The van der Waals surface area contributed by atoms with E-state index >= 15 is 0 Å². The Balaban J connectivity index is 4.29. The van der Waals surface area contributed by atoms with E-state index in [1.54, 1.807) is 7.11 Å². The van der Waals surface area contributed by atoms with Crippen LogP contribution in [0.5, 0.6) is 0 Å². The maximum absolute atomic E-state index is 5.85. The van der Waals surface area contributed by atoms with Crippen molar-refractivity contribution < 1.29 is 4.74 Å². The lowest BCUT2D eigenvalue weighted by Gasteiger charge is -2.33. The average Bonchev–Trinajstić information content (AvgIpc) is 2.04. The van der Waals surface area contributed by atoms with Crippen LogP contribution in [0.1, 0.15) is 27.2 Å². The summed E-state index contributed by atoms with van der Waals surface area (Å²) in [7, 11) is 1.72. The third-order valence-corrected chi connectivity index (χ3v) is 2.79. The van der Waals surface area contributed by atoms with Crippen molar-refractivity contribution in [2.24, 2.45) is 5.41 Å². The molecule has 0 aliphatic carbocycles. The first kappa shape index (κ1) is 12.0. The summed E-state index contributed by atoms with van der Waals surface area (Å²) in [6, 6.07) is 0. The summed E-state index contributed by atoms with van der Waals surface area (Å²) in [4.78, 5) is 0. The quantitative estimate of drug-likeness (QED) is 0.478. The first-order chi connectivity index (χ1) is 5.39. The van der Waals surface area contributed by atoms with Crippen molar-refractivity contribution in [3.05, 3.63) is 12.7 Å². The van der Waals surface area contributed by atoms with Crippen molar-refractivity contribution in [2.75, 3.05) is 13.0 Å². The van der Waals surface area contributed by atoms with Crippen LogP contribution in [0.2, 0.25) is 0 Å². The van der Waals surface area contributed by atoms with Crippen LogP contribution in [0, 0.1) is 5.41 Å². The molecule has 0 spiro atoms. The van der Waals surface area contributed by atoms with Crippen molar-refractivity contribution in [3.8, 4) is 0 Å². The van der Waals surface area contributed by atoms with Crippen molar-refractivity contribution in [1.29, 1.82) is 0 Å². The minimum atomic E-state index is -0.127. The Morgan fingerprint density at radius 2 is 1.92 bits per heavy atom. The second-order valence-electron chi connectivity index (χ2n) is 4.13. The fraction of sp³-hybridized carbons (Fsp3) is 0.800. The van der Waals surface area contributed by atoms with Gasteiger partial charge in [0.15, 0.2) is 0 Å². The summed E-state index contributed by atoms with van der Waals surface area (Å²) in [5, 5.41) is 0. The molecule has 0 aliphatic heterocycles. The van der Waals surface area contributed by atoms with Crippen LogP contribution < -0.4 is 0 Å². The SMILES string of the molecule is C=CC(C)(CCl)CC(C)(C)OC. The molecule has 0 fully saturated rings. The van der Waals surface area contributed by atoms with Crippen LogP contribution >= 0.6 is 11.6 Å². The maximum Gasteiger partial charge on any atom is 0.0631 e. The van der Waals surface area contributed by atoms with Crippen LogP contribution in [0.25, 0.3) is 0 Å². The van der Waals surface area contributed by atoms with Crippen molar-refractivity contribution in [3.63, 3.8) is 0 Å². The average molecular weight is 191 g/mol. The molecule has 0 aromatic rings. The van der Waals surface area contributed by atoms with E-state index in [0.29, 0.717) is 5.88 Å². The molecule has 1 unspecified atom stereocenters. The van der Waals surface area contributed by atoms with Gasteiger partial charge in [0.2, 0.25) is 0 Å². The van der Waals surface area contributed by atoms with E-state index in [9.17, 15) is 0 Å². The van der Waals surface area contributed by atoms with Crippen LogP contribution in [0.3, 0.4) is 0 Å². The lowest BCUT2D eigenvalue weighted by molar-refractivity contribution is -0.00393. The molecular weight excluding hydrogens is 172 g/mol. The summed E-state index contributed by atoms with van der Waals surface area (Å²) in [6.45, 7) is 9.99. The number of hydrogen-bond donors (Lipinski definition) is 0. The summed E-state index contributed by atoms with van der Waals surface area (Å²) >= 11 is 5.85. The van der Waals surface area contributed by atoms with E-state index in [2.05, 4.69) is 27.4 Å². The number of rotatable bonds is 5. The van der Waals surface area contributed by atoms with Gasteiger partial charge < -0.3 is 4.74 Å². The summed E-state index contributed by atoms with van der Waals surface area (Å²) < 4.78 is 5.33. The van der Waals surface area contributed by atoms with Crippen LogP contribution in [0.15, 0.2) is 12.7 Å². The van der Waals surface area contributed by atoms with Crippen LogP contribution in [-0.2, 0) is 4.74 Å². The lowest BCUT2D eigenvalue weighted by atomic mass is 9.82. The smallest absolute Gasteiger partial charge is 0.0631 e. The maximum atomic E-state index is 5.85. The zero-order valence-electron chi connectivity index (χ0n) is 8.48. The minimum Gasteiger partial charge on any atom is -0.379 e. The Morgan fingerprint density at radius 1 is 1.42 bits per heavy atom. The summed E-state index contributed by atoms with van der Waals surface area (Å²) in [5.74, 6) is 0.587. The van der Waals surface area contributed by atoms with Gasteiger partial charge in [-0.25, -0.2) is 0 Å². The molecule has 0 aromatic carbocycles. The Kier molecular flexibility index (Phi) is 4.29. The molecule has 0 radical (unpaired) electrons. The third-order valence-electron chi connectivity index (χ3n) is 2.18. The molecule has 1 nitrogen and oxygen atoms in total. The van der Waals surface area contributed by atoms with E-state index in [-0.39, 0.29) is 11.0 Å². The number of halogens is 1. The predicted molar refractivity (Wildman–Crippen MR) is 54.7 cm³/mol. The van der Waals surface area contributed by atoms with Gasteiger partial charge in [0, 0.05) is 18.4 Å². The van der Waals surface area contributed by atoms with Crippen molar-refractivity contribution in [1.82, 2.24) is 0 Å². The Hall–Kier alpha value is -0.0100. The van der Waals surface area contributed by atoms with Gasteiger partial charge in [0.25, 0.3) is 0 Å². The van der Waals surface area contributed by atoms with E-state index in [1.807, 2.05) is 6.08 Å². The van der Waals surface area contributed by atoms with E-state index in [4.69, 9.17) is 16.3 Å². The van der Waals surface area contributed by atoms with E-state index in [1.165, 1.54) is 0 Å². The van der Waals surface area contributed by atoms with Crippen molar-refractivity contribution in [2.45, 2.75) is 32.8 Å². The molecule has 0 saturated carbocycles. The van der Waals surface area contributed by atoms with Gasteiger partial charge in [0.1, 0.15) is 0 Å². The molecule has 1 atom stereocenters. The highest BCUT2D eigenvalue weighted by molar-refractivity contribution is 6.18. The Morgan fingerprint density at radius 3 is 2.17 bits per heavy atom. The molecule has 0 saturated heterocycles. The lowest BCUT2D eigenvalue weighted by Crippen LogP contribution is -2.32. The summed E-state index contributed by atoms with van der Waals surface area (Å²) in [6.07, 6.45) is 2.80. The van der Waals surface area contributed by atoms with Gasteiger partial charge in [-0.05, 0) is 20.3 Å². The molecule has 12 heavy (non-hydrogen) atoms. The van der Waals surface area contributed by atoms with Gasteiger partial charge in [-0.15, -0.1) is 18.2 Å². The molecule has 0 amide bonds. The highest BCUT2D eigenvalue weighted by atomic mass is 35.5. The molecule has 0 N–H and O–H groups in total. The molecule has 0 heterocycles. The van der Waals surface area contributed by atoms with Gasteiger partial charge in [-0.2, -0.15) is 0 Å². The first-order valence-corrected chi connectivity index (χ1v) is 4.67. The second kappa shape index (κ2) is 4.29. The van der Waals surface area contributed by atoms with Crippen LogP contribution in [-0.4, -0.2) is 18.6 Å². The number of methoxy groups -OCH3 is 1. The van der Waals surface area contributed by atoms with E-state index in [0.717, 1.165) is 6.42 Å². The predicted octanol–water partition coefficient (Wildman–Crippen LogP) is 3.23. The first-order valence-electron chi connectivity index (χ1n) is 4.14. The van der Waals surface area contributed by atoms with Gasteiger partial charge >= 0.3 is 0 Å². The van der Waals surface area contributed by atoms with Gasteiger partial charge in [0.05, 0.1) is 5.60 Å². The monoisotopic (exact) mass is 190 g/mol. The number of alkyl halides is 1. The topological polar surface area (TPSA) is 9.23 Å². The highest BCUT2D eigenvalue weighted by Gasteiger charge is 2.29. The Bertz CT molecular complexity index is 154. The fourth-order valence-electron chi connectivity index (χ4n) is 1.22. The molecular formula is C10H19ClO. The highest BCUT2D eigenvalue weighted by Crippen LogP contribution is 2.32. The number of allylic oxidation sites excluding steroid dienone is 1. The third kappa shape index (κ3) is 3.59. The standard InChI is InChI=1S/C10H19ClO/c1-6-10(4,8-11)7-9(2,3)12-5/h6H,1,7-8H2,2-5H3. The summed E-state index contributed by atoms with van der Waals surface area (Å²) in [5.41, 5.74) is -0.154. The largest absolute Gasteiger partial charge is 0.379 e. The zero-order valence-corrected chi connectivity index (χ0v) is 9.24. The van der Waals surface area contributed by atoms with Gasteiger partial charge in [-0.3, -0.25) is 0 Å². The number of hydrogen-bond acceptors (Lipinski definition) is 1. The van der Waals surface area contributed by atoms with Crippen molar-refractivity contribution >= 4 is 11.6 Å². The molecule has 0 aromatic heterocycles. The molecule has 72 valence electrons. The number of ether oxygens (including phenoxy) is 1.